The maximum Gasteiger partial charge on any atom is 0.237 e. The van der Waals surface area contributed by atoms with Crippen molar-refractivity contribution in [1.29, 1.82) is 0 Å². The predicted octanol–water partition coefficient (Wildman–Crippen LogP) is 4.15. The molecule has 1 amide bonds. The number of aromatic nitrogens is 1. The molecule has 0 bridgehead atoms. The maximum absolute atomic E-state index is 13.9. The summed E-state index contributed by atoms with van der Waals surface area (Å²) in [5.41, 5.74) is 1.48. The number of hydrogen-bond donors (Lipinski definition) is 1. The Kier molecular flexibility index (Phi) is 5.22. The number of pyridine rings is 1. The van der Waals surface area contributed by atoms with Gasteiger partial charge in [-0.15, -0.1) is 0 Å². The first-order valence-electron chi connectivity index (χ1n) is 9.63. The molecule has 1 aliphatic carbocycles. The Balaban J connectivity index is 1.50. The fourth-order valence-electron chi connectivity index (χ4n) is 3.29. The Hall–Kier alpha value is -3.68. The Labute approximate surface area is 177 Å². The van der Waals surface area contributed by atoms with Gasteiger partial charge in [-0.25, -0.2) is 8.78 Å². The summed E-state index contributed by atoms with van der Waals surface area (Å²) in [7, 11) is 0. The zero-order valence-electron chi connectivity index (χ0n) is 16.8. The average molecular weight is 423 g/mol. The van der Waals surface area contributed by atoms with Gasteiger partial charge < -0.3 is 10.2 Å². The van der Waals surface area contributed by atoms with Gasteiger partial charge >= 0.3 is 0 Å². The number of nitrogens with one attached hydrogen (secondary N) is 1. The van der Waals surface area contributed by atoms with E-state index in [0.717, 1.165) is 17.7 Å². The molecule has 0 saturated heterocycles. The Bertz CT molecular complexity index is 1140. The summed E-state index contributed by atoms with van der Waals surface area (Å²) in [6.07, 6.45) is 3.12. The van der Waals surface area contributed by atoms with Crippen LogP contribution in [0.4, 0.5) is 14.5 Å². The van der Waals surface area contributed by atoms with E-state index in [1.54, 1.807) is 44.2 Å². The Morgan fingerprint density at radius 1 is 1.19 bits per heavy atom. The highest BCUT2D eigenvalue weighted by atomic mass is 19.1. The molecule has 2 heterocycles. The van der Waals surface area contributed by atoms with E-state index in [9.17, 15) is 18.4 Å². The van der Waals surface area contributed by atoms with Crippen LogP contribution in [0, 0.1) is 5.92 Å². The monoisotopic (exact) mass is 423 g/mol. The Morgan fingerprint density at radius 2 is 1.97 bits per heavy atom. The minimum absolute atomic E-state index is 0.208. The first-order chi connectivity index (χ1) is 14.8. The second-order valence-corrected chi connectivity index (χ2v) is 7.73. The molecule has 4 rings (SSSR count). The van der Waals surface area contributed by atoms with Crippen LogP contribution in [0.25, 0.3) is 11.3 Å². The van der Waals surface area contributed by atoms with Crippen LogP contribution in [0.5, 0.6) is 0 Å². The van der Waals surface area contributed by atoms with E-state index in [1.165, 1.54) is 12.3 Å². The molecule has 1 aliphatic heterocycles. The lowest BCUT2D eigenvalue weighted by Gasteiger charge is -2.19. The largest absolute Gasteiger partial charge is 0.381 e. The van der Waals surface area contributed by atoms with Crippen molar-refractivity contribution in [1.82, 2.24) is 4.98 Å². The van der Waals surface area contributed by atoms with Crippen molar-refractivity contribution in [3.63, 3.8) is 0 Å². The number of anilines is 1. The van der Waals surface area contributed by atoms with Crippen molar-refractivity contribution in [3.05, 3.63) is 72.2 Å². The van der Waals surface area contributed by atoms with Gasteiger partial charge in [0.2, 0.25) is 11.7 Å². The third-order valence-corrected chi connectivity index (χ3v) is 5.04. The number of benzene rings is 1. The fourth-order valence-corrected chi connectivity index (χ4v) is 3.29. The van der Waals surface area contributed by atoms with Crippen molar-refractivity contribution in [3.8, 4) is 11.3 Å². The number of rotatable bonds is 4. The highest BCUT2D eigenvalue weighted by molar-refractivity contribution is 6.49. The number of allylic oxidation sites excluding steroid dienone is 3. The van der Waals surface area contributed by atoms with E-state index < -0.39 is 29.4 Å². The molecule has 1 aromatic heterocycles. The van der Waals surface area contributed by atoms with Gasteiger partial charge in [0.05, 0.1) is 17.6 Å². The van der Waals surface area contributed by atoms with Gasteiger partial charge in [-0.1, -0.05) is 29.4 Å². The summed E-state index contributed by atoms with van der Waals surface area (Å²) in [4.78, 5) is 34.2. The average Bonchev–Trinajstić information content (AvgIpc) is 3.01. The summed E-state index contributed by atoms with van der Waals surface area (Å²) < 4.78 is 27.7. The normalized spacial score (nSPS) is 21.9. The lowest BCUT2D eigenvalue weighted by Crippen LogP contribution is -2.33. The SMILES string of the molecule is CC1(C)ON=C(c2cccc(-c3ccc(NC(=O)C4C(F)=CC=CC4F)cn3)c2)C1=O. The van der Waals surface area contributed by atoms with Crippen LogP contribution < -0.4 is 5.32 Å². The molecular weight excluding hydrogens is 404 g/mol. The number of alkyl halides is 1. The number of Topliss-reactive ketones (excluding diaryl/α,β-unsaturated/α-hetero) is 1. The quantitative estimate of drug-likeness (QED) is 0.801. The zero-order valence-corrected chi connectivity index (χ0v) is 16.8. The van der Waals surface area contributed by atoms with Gasteiger partial charge in [0, 0.05) is 11.1 Å². The molecule has 0 spiro atoms. The molecule has 1 N–H and O–H groups in total. The summed E-state index contributed by atoms with van der Waals surface area (Å²) in [5.74, 6) is -3.34. The summed E-state index contributed by atoms with van der Waals surface area (Å²) in [6, 6.07) is 10.4. The predicted molar refractivity (Wildman–Crippen MR) is 112 cm³/mol. The molecular formula is C23H19F2N3O3. The molecule has 2 atom stereocenters. The van der Waals surface area contributed by atoms with E-state index >= 15 is 0 Å². The summed E-state index contributed by atoms with van der Waals surface area (Å²) in [6.45, 7) is 3.31. The summed E-state index contributed by atoms with van der Waals surface area (Å²) in [5, 5.41) is 6.39. The molecule has 158 valence electrons. The number of oxime groups is 1. The van der Waals surface area contributed by atoms with Gasteiger partial charge in [-0.3, -0.25) is 14.6 Å². The van der Waals surface area contributed by atoms with Gasteiger partial charge in [-0.2, -0.15) is 0 Å². The van der Waals surface area contributed by atoms with E-state index in [0.29, 0.717) is 16.9 Å². The van der Waals surface area contributed by atoms with Crippen molar-refractivity contribution in [2.75, 3.05) is 5.32 Å². The molecule has 6 nitrogen and oxygen atoms in total. The second kappa shape index (κ2) is 7.86. The number of ketones is 1. The van der Waals surface area contributed by atoms with Gasteiger partial charge in [-0.05, 0) is 44.2 Å². The molecule has 2 aliphatic rings. The van der Waals surface area contributed by atoms with Crippen LogP contribution in [-0.2, 0) is 14.4 Å². The lowest BCUT2D eigenvalue weighted by molar-refractivity contribution is -0.128. The number of amides is 1. The van der Waals surface area contributed by atoms with Gasteiger partial charge in [0.15, 0.2) is 11.3 Å². The second-order valence-electron chi connectivity index (χ2n) is 7.73. The topological polar surface area (TPSA) is 80.7 Å². The number of nitrogens with zero attached hydrogens (tertiary/aromatic N) is 2. The molecule has 0 radical (unpaired) electrons. The standard InChI is InChI=1S/C23H19F2N3O3/c1-23(2)21(29)20(28-31-23)14-6-3-5-13(11-14)18-10-9-15(12-26-18)27-22(30)19-16(24)7-4-8-17(19)25/h3-12,16,19H,1-2H3,(H,27,30). The van der Waals surface area contributed by atoms with E-state index in [4.69, 9.17) is 4.84 Å². The molecule has 2 aromatic rings. The third kappa shape index (κ3) is 4.01. The number of carbonyl (C=O) groups is 2. The van der Waals surface area contributed by atoms with Crippen LogP contribution in [0.15, 0.2) is 71.8 Å². The number of hydrogen-bond acceptors (Lipinski definition) is 5. The first kappa shape index (κ1) is 20.6. The molecule has 31 heavy (non-hydrogen) atoms. The zero-order chi connectivity index (χ0) is 22.2. The van der Waals surface area contributed by atoms with Crippen molar-refractivity contribution >= 4 is 23.1 Å². The van der Waals surface area contributed by atoms with E-state index in [1.807, 2.05) is 6.07 Å². The van der Waals surface area contributed by atoms with E-state index in [2.05, 4.69) is 15.5 Å². The fraction of sp³-hybridized carbons (Fsp3) is 0.217. The van der Waals surface area contributed by atoms with Crippen molar-refractivity contribution in [2.45, 2.75) is 25.6 Å². The molecule has 8 heteroatoms. The smallest absolute Gasteiger partial charge is 0.237 e. The van der Waals surface area contributed by atoms with Gasteiger partial charge in [0.1, 0.15) is 17.9 Å². The lowest BCUT2D eigenvalue weighted by atomic mass is 9.95. The van der Waals surface area contributed by atoms with Crippen LogP contribution in [-0.4, -0.2) is 34.2 Å². The van der Waals surface area contributed by atoms with Crippen molar-refractivity contribution in [2.24, 2.45) is 11.1 Å². The number of carbonyl (C=O) groups excluding carboxylic acids is 2. The molecule has 0 fully saturated rings. The van der Waals surface area contributed by atoms with Gasteiger partial charge in [0.25, 0.3) is 0 Å². The van der Waals surface area contributed by atoms with Crippen LogP contribution >= 0.6 is 0 Å². The van der Waals surface area contributed by atoms with Crippen LogP contribution in [0.2, 0.25) is 0 Å². The Morgan fingerprint density at radius 3 is 2.61 bits per heavy atom. The third-order valence-electron chi connectivity index (χ3n) is 5.04. The maximum atomic E-state index is 13.9. The molecule has 1 aromatic carbocycles. The highest BCUT2D eigenvalue weighted by Crippen LogP contribution is 2.28. The minimum atomic E-state index is -1.73. The summed E-state index contributed by atoms with van der Waals surface area (Å²) >= 11 is 0. The van der Waals surface area contributed by atoms with E-state index in [-0.39, 0.29) is 11.5 Å². The number of halogens is 2. The molecule has 2 unspecified atom stereocenters. The first-order valence-corrected chi connectivity index (χ1v) is 9.63. The van der Waals surface area contributed by atoms with Crippen molar-refractivity contribution < 1.29 is 23.2 Å². The molecule has 0 saturated carbocycles. The van der Waals surface area contributed by atoms with Crippen LogP contribution in [0.1, 0.15) is 19.4 Å². The van der Waals surface area contributed by atoms with Crippen LogP contribution in [0.3, 0.4) is 0 Å². The highest BCUT2D eigenvalue weighted by Gasteiger charge is 2.40. The minimum Gasteiger partial charge on any atom is -0.381 e.